The van der Waals surface area contributed by atoms with Crippen molar-refractivity contribution in [1.29, 1.82) is 0 Å². The number of phenolic OH excluding ortho intramolecular Hbond substituents is 1. The van der Waals surface area contributed by atoms with Gasteiger partial charge in [-0.25, -0.2) is 0 Å². The van der Waals surface area contributed by atoms with E-state index in [1.165, 1.54) is 6.07 Å². The Morgan fingerprint density at radius 1 is 1.40 bits per heavy atom. The van der Waals surface area contributed by atoms with Crippen LogP contribution in [0.4, 0.5) is 0 Å². The van der Waals surface area contributed by atoms with Crippen LogP contribution in [0.3, 0.4) is 0 Å². The standard InChI is InChI=1S/C13H16O2/c1-5-9-6-7-11(14)10(8-9)12(15)13(2,3)4/h5-8,14H,1H2,2-4H3. The van der Waals surface area contributed by atoms with Crippen LogP contribution in [-0.4, -0.2) is 10.9 Å². The average Bonchev–Trinajstić information content (AvgIpc) is 2.16. The van der Waals surface area contributed by atoms with E-state index in [-0.39, 0.29) is 11.5 Å². The number of hydrogen-bond acceptors (Lipinski definition) is 2. The Morgan fingerprint density at radius 3 is 2.47 bits per heavy atom. The molecule has 0 bridgehead atoms. The molecule has 0 heterocycles. The average molecular weight is 204 g/mol. The highest BCUT2D eigenvalue weighted by molar-refractivity contribution is 6.02. The van der Waals surface area contributed by atoms with Gasteiger partial charge in [-0.05, 0) is 17.7 Å². The van der Waals surface area contributed by atoms with Crippen molar-refractivity contribution in [2.75, 3.05) is 0 Å². The maximum Gasteiger partial charge on any atom is 0.171 e. The second-order valence-electron chi connectivity index (χ2n) is 4.56. The van der Waals surface area contributed by atoms with E-state index in [2.05, 4.69) is 6.58 Å². The van der Waals surface area contributed by atoms with Gasteiger partial charge in [-0.1, -0.05) is 39.5 Å². The molecular weight excluding hydrogens is 188 g/mol. The zero-order valence-electron chi connectivity index (χ0n) is 9.37. The molecule has 0 unspecified atom stereocenters. The van der Waals surface area contributed by atoms with Crippen molar-refractivity contribution in [3.8, 4) is 5.75 Å². The zero-order valence-corrected chi connectivity index (χ0v) is 9.37. The van der Waals surface area contributed by atoms with Gasteiger partial charge in [-0.2, -0.15) is 0 Å². The summed E-state index contributed by atoms with van der Waals surface area (Å²) in [6, 6.07) is 4.91. The lowest BCUT2D eigenvalue weighted by Gasteiger charge is -2.17. The molecule has 2 nitrogen and oxygen atoms in total. The number of hydrogen-bond donors (Lipinski definition) is 1. The van der Waals surface area contributed by atoms with Crippen molar-refractivity contribution in [1.82, 2.24) is 0 Å². The molecule has 1 aromatic rings. The Labute approximate surface area is 90.3 Å². The van der Waals surface area contributed by atoms with Crippen LogP contribution in [0.15, 0.2) is 24.8 Å². The molecule has 0 aliphatic carbocycles. The van der Waals surface area contributed by atoms with Crippen molar-refractivity contribution in [2.45, 2.75) is 20.8 Å². The van der Waals surface area contributed by atoms with E-state index in [1.54, 1.807) is 18.2 Å². The number of phenols is 1. The summed E-state index contributed by atoms with van der Waals surface area (Å²) in [6.45, 7) is 9.12. The molecule has 0 aliphatic heterocycles. The molecular formula is C13H16O2. The van der Waals surface area contributed by atoms with E-state index in [0.29, 0.717) is 5.56 Å². The number of aromatic hydroxyl groups is 1. The Hall–Kier alpha value is -1.57. The Kier molecular flexibility index (Phi) is 2.98. The van der Waals surface area contributed by atoms with Crippen LogP contribution in [0.1, 0.15) is 36.7 Å². The second-order valence-corrected chi connectivity index (χ2v) is 4.56. The molecule has 0 aromatic heterocycles. The number of carbonyl (C=O) groups is 1. The summed E-state index contributed by atoms with van der Waals surface area (Å²) in [6.07, 6.45) is 1.65. The topological polar surface area (TPSA) is 37.3 Å². The van der Waals surface area contributed by atoms with Gasteiger partial charge >= 0.3 is 0 Å². The fourth-order valence-corrected chi connectivity index (χ4v) is 1.27. The maximum atomic E-state index is 12.0. The molecule has 2 heteroatoms. The highest BCUT2D eigenvalue weighted by Gasteiger charge is 2.25. The second kappa shape index (κ2) is 3.89. The molecule has 0 atom stereocenters. The summed E-state index contributed by atoms with van der Waals surface area (Å²) in [5.41, 5.74) is 0.706. The minimum Gasteiger partial charge on any atom is -0.507 e. The Balaban J connectivity index is 3.24. The molecule has 0 saturated carbocycles. The first-order chi connectivity index (χ1) is 6.86. The van der Waals surface area contributed by atoms with Crippen LogP contribution in [0.5, 0.6) is 5.75 Å². The number of ketones is 1. The first kappa shape index (κ1) is 11.5. The van der Waals surface area contributed by atoms with E-state index in [9.17, 15) is 9.90 Å². The van der Waals surface area contributed by atoms with Gasteiger partial charge < -0.3 is 5.11 Å². The lowest BCUT2D eigenvalue weighted by molar-refractivity contribution is 0.0855. The molecule has 0 saturated heterocycles. The molecule has 1 aromatic carbocycles. The highest BCUT2D eigenvalue weighted by Crippen LogP contribution is 2.27. The first-order valence-electron chi connectivity index (χ1n) is 4.86. The zero-order chi connectivity index (χ0) is 11.6. The van der Waals surface area contributed by atoms with Crippen LogP contribution in [0.2, 0.25) is 0 Å². The van der Waals surface area contributed by atoms with Gasteiger partial charge in [0.05, 0.1) is 5.56 Å². The molecule has 80 valence electrons. The van der Waals surface area contributed by atoms with Crippen molar-refractivity contribution >= 4 is 11.9 Å². The van der Waals surface area contributed by atoms with Crippen molar-refractivity contribution in [3.63, 3.8) is 0 Å². The molecule has 1 N–H and O–H groups in total. The lowest BCUT2D eigenvalue weighted by Crippen LogP contribution is -2.20. The highest BCUT2D eigenvalue weighted by atomic mass is 16.3. The van der Waals surface area contributed by atoms with Gasteiger partial charge in [0, 0.05) is 5.41 Å². The quantitative estimate of drug-likeness (QED) is 0.751. The van der Waals surface area contributed by atoms with Gasteiger partial charge in [0.15, 0.2) is 5.78 Å². The van der Waals surface area contributed by atoms with Crippen LogP contribution >= 0.6 is 0 Å². The number of Topliss-reactive ketones (excluding diaryl/α,β-unsaturated/α-hetero) is 1. The molecule has 0 radical (unpaired) electrons. The normalized spacial score (nSPS) is 11.1. The SMILES string of the molecule is C=Cc1ccc(O)c(C(=O)C(C)(C)C)c1. The van der Waals surface area contributed by atoms with Crippen LogP contribution in [0.25, 0.3) is 6.08 Å². The molecule has 0 amide bonds. The van der Waals surface area contributed by atoms with Crippen LogP contribution in [0, 0.1) is 5.41 Å². The predicted molar refractivity (Wildman–Crippen MR) is 62.0 cm³/mol. The third-order valence-electron chi connectivity index (χ3n) is 2.18. The summed E-state index contributed by atoms with van der Waals surface area (Å²) < 4.78 is 0. The van der Waals surface area contributed by atoms with E-state index >= 15 is 0 Å². The summed E-state index contributed by atoms with van der Waals surface area (Å²) >= 11 is 0. The Morgan fingerprint density at radius 2 is 2.00 bits per heavy atom. The smallest absolute Gasteiger partial charge is 0.171 e. The molecule has 0 aliphatic rings. The largest absolute Gasteiger partial charge is 0.507 e. The molecule has 1 rings (SSSR count). The number of carbonyl (C=O) groups excluding carboxylic acids is 1. The van der Waals surface area contributed by atoms with Crippen molar-refractivity contribution in [2.24, 2.45) is 5.41 Å². The monoisotopic (exact) mass is 204 g/mol. The minimum atomic E-state index is -0.489. The molecule has 0 spiro atoms. The maximum absolute atomic E-state index is 12.0. The van der Waals surface area contributed by atoms with Gasteiger partial charge in [-0.3, -0.25) is 4.79 Å². The fraction of sp³-hybridized carbons (Fsp3) is 0.308. The summed E-state index contributed by atoms with van der Waals surface area (Å²) in [4.78, 5) is 12.0. The van der Waals surface area contributed by atoms with Gasteiger partial charge in [0.1, 0.15) is 5.75 Å². The van der Waals surface area contributed by atoms with E-state index in [4.69, 9.17) is 0 Å². The van der Waals surface area contributed by atoms with Crippen LogP contribution < -0.4 is 0 Å². The van der Waals surface area contributed by atoms with E-state index in [1.807, 2.05) is 20.8 Å². The van der Waals surface area contributed by atoms with Crippen LogP contribution in [-0.2, 0) is 0 Å². The van der Waals surface area contributed by atoms with E-state index in [0.717, 1.165) is 5.56 Å². The lowest BCUT2D eigenvalue weighted by atomic mass is 9.85. The predicted octanol–water partition coefficient (Wildman–Crippen LogP) is 3.26. The fourth-order valence-electron chi connectivity index (χ4n) is 1.27. The third-order valence-corrected chi connectivity index (χ3v) is 2.18. The number of benzene rings is 1. The van der Waals surface area contributed by atoms with Crippen molar-refractivity contribution < 1.29 is 9.90 Å². The third kappa shape index (κ3) is 2.46. The van der Waals surface area contributed by atoms with Crippen molar-refractivity contribution in [3.05, 3.63) is 35.9 Å². The van der Waals surface area contributed by atoms with Gasteiger partial charge in [-0.15, -0.1) is 0 Å². The van der Waals surface area contributed by atoms with E-state index < -0.39 is 5.41 Å². The summed E-state index contributed by atoms with van der Waals surface area (Å²) in [5, 5.41) is 9.61. The van der Waals surface area contributed by atoms with Gasteiger partial charge in [0.25, 0.3) is 0 Å². The summed E-state index contributed by atoms with van der Waals surface area (Å²) in [7, 11) is 0. The number of rotatable bonds is 2. The molecule has 15 heavy (non-hydrogen) atoms. The first-order valence-corrected chi connectivity index (χ1v) is 4.86. The molecule has 0 fully saturated rings. The minimum absolute atomic E-state index is 0.0283. The Bertz CT molecular complexity index is 397. The summed E-state index contributed by atoms with van der Waals surface area (Å²) in [5.74, 6) is -0.0378. The van der Waals surface area contributed by atoms with Gasteiger partial charge in [0.2, 0.25) is 0 Å².